The summed E-state index contributed by atoms with van der Waals surface area (Å²) in [6.07, 6.45) is 7.31. The van der Waals surface area contributed by atoms with Crippen molar-refractivity contribution in [1.82, 2.24) is 5.32 Å². The highest BCUT2D eigenvalue weighted by atomic mass is 16.3. The molecule has 2 fully saturated rings. The van der Waals surface area contributed by atoms with Crippen molar-refractivity contribution in [3.05, 3.63) is 0 Å². The zero-order valence-electron chi connectivity index (χ0n) is 10.2. The van der Waals surface area contributed by atoms with E-state index in [1.807, 2.05) is 0 Å². The van der Waals surface area contributed by atoms with Gasteiger partial charge in [-0.1, -0.05) is 32.6 Å². The van der Waals surface area contributed by atoms with Gasteiger partial charge in [0.05, 0.1) is 5.60 Å². The summed E-state index contributed by atoms with van der Waals surface area (Å²) >= 11 is 0. The zero-order valence-corrected chi connectivity index (χ0v) is 10.2. The largest absolute Gasteiger partial charge is 0.388 e. The van der Waals surface area contributed by atoms with E-state index in [1.165, 1.54) is 12.8 Å². The van der Waals surface area contributed by atoms with E-state index < -0.39 is 5.60 Å². The predicted molar refractivity (Wildman–Crippen MR) is 62.9 cm³/mol. The van der Waals surface area contributed by atoms with Gasteiger partial charge in [0.1, 0.15) is 0 Å². The molecule has 2 saturated carbocycles. The van der Waals surface area contributed by atoms with Gasteiger partial charge in [0.15, 0.2) is 0 Å². The molecule has 2 atom stereocenters. The van der Waals surface area contributed by atoms with Gasteiger partial charge in [-0.15, -0.1) is 0 Å². The quantitative estimate of drug-likeness (QED) is 0.720. The van der Waals surface area contributed by atoms with Crippen molar-refractivity contribution in [2.75, 3.05) is 6.54 Å². The van der Waals surface area contributed by atoms with Crippen LogP contribution in [0.25, 0.3) is 0 Å². The highest BCUT2D eigenvalue weighted by Gasteiger charge is 2.40. The molecule has 0 aliphatic heterocycles. The minimum Gasteiger partial charge on any atom is -0.388 e. The van der Waals surface area contributed by atoms with E-state index in [0.29, 0.717) is 12.5 Å². The molecule has 92 valence electrons. The van der Waals surface area contributed by atoms with Crippen LogP contribution in [-0.2, 0) is 4.79 Å². The number of amides is 1. The molecule has 0 aromatic heterocycles. The monoisotopic (exact) mass is 225 g/mol. The Morgan fingerprint density at radius 3 is 2.38 bits per heavy atom. The fourth-order valence-corrected chi connectivity index (χ4v) is 2.63. The van der Waals surface area contributed by atoms with E-state index in [9.17, 15) is 9.90 Å². The van der Waals surface area contributed by atoms with Crippen LogP contribution in [0.4, 0.5) is 0 Å². The fraction of sp³-hybridized carbons (Fsp3) is 0.923. The zero-order chi connectivity index (χ0) is 11.6. The van der Waals surface area contributed by atoms with Gasteiger partial charge in [-0.25, -0.2) is 0 Å². The lowest BCUT2D eigenvalue weighted by Gasteiger charge is -2.26. The molecule has 3 heteroatoms. The second kappa shape index (κ2) is 4.74. The van der Waals surface area contributed by atoms with Crippen LogP contribution in [0.2, 0.25) is 0 Å². The van der Waals surface area contributed by atoms with Gasteiger partial charge in [0.25, 0.3) is 0 Å². The van der Waals surface area contributed by atoms with Crippen molar-refractivity contribution in [3.63, 3.8) is 0 Å². The second-order valence-electron chi connectivity index (χ2n) is 5.68. The molecule has 2 rings (SSSR count). The van der Waals surface area contributed by atoms with E-state index in [0.717, 1.165) is 32.1 Å². The van der Waals surface area contributed by atoms with Gasteiger partial charge in [-0.3, -0.25) is 4.79 Å². The molecule has 16 heavy (non-hydrogen) atoms. The molecule has 2 aliphatic rings. The lowest BCUT2D eigenvalue weighted by Crippen LogP contribution is -2.43. The first-order valence-electron chi connectivity index (χ1n) is 6.61. The summed E-state index contributed by atoms with van der Waals surface area (Å²) in [7, 11) is 0. The van der Waals surface area contributed by atoms with Gasteiger partial charge in [-0.2, -0.15) is 0 Å². The van der Waals surface area contributed by atoms with Gasteiger partial charge < -0.3 is 10.4 Å². The van der Waals surface area contributed by atoms with Crippen molar-refractivity contribution in [2.45, 2.75) is 57.5 Å². The van der Waals surface area contributed by atoms with Crippen LogP contribution in [0.5, 0.6) is 0 Å². The molecule has 1 amide bonds. The Labute approximate surface area is 97.6 Å². The number of carbonyl (C=O) groups is 1. The van der Waals surface area contributed by atoms with E-state index in [2.05, 4.69) is 12.2 Å². The average molecular weight is 225 g/mol. The fourth-order valence-electron chi connectivity index (χ4n) is 2.63. The standard InChI is InChI=1S/C13H23NO2/c1-10-8-11(10)12(15)14-9-13(16)6-4-2-3-5-7-13/h10-11,16H,2-9H2,1H3,(H,14,15). The Morgan fingerprint density at radius 1 is 1.31 bits per heavy atom. The molecule has 0 aromatic rings. The summed E-state index contributed by atoms with van der Waals surface area (Å²) in [5.41, 5.74) is -0.635. The predicted octanol–water partition coefficient (Wildman–Crippen LogP) is 1.84. The number of hydrogen-bond acceptors (Lipinski definition) is 2. The third-order valence-electron chi connectivity index (χ3n) is 4.07. The minimum atomic E-state index is -0.635. The van der Waals surface area contributed by atoms with Gasteiger partial charge in [-0.05, 0) is 25.2 Å². The van der Waals surface area contributed by atoms with Gasteiger partial charge in [0.2, 0.25) is 5.91 Å². The molecule has 0 radical (unpaired) electrons. The van der Waals surface area contributed by atoms with Crippen molar-refractivity contribution in [3.8, 4) is 0 Å². The molecular formula is C13H23NO2. The maximum Gasteiger partial charge on any atom is 0.223 e. The van der Waals surface area contributed by atoms with Crippen LogP contribution in [0.3, 0.4) is 0 Å². The lowest BCUT2D eigenvalue weighted by atomic mass is 9.94. The van der Waals surface area contributed by atoms with E-state index in [1.54, 1.807) is 0 Å². The SMILES string of the molecule is CC1CC1C(=O)NCC1(O)CCCCCC1. The minimum absolute atomic E-state index is 0.144. The molecule has 2 unspecified atom stereocenters. The Hall–Kier alpha value is -0.570. The summed E-state index contributed by atoms with van der Waals surface area (Å²) in [6, 6.07) is 0. The molecule has 0 aromatic carbocycles. The molecule has 0 spiro atoms. The van der Waals surface area contributed by atoms with E-state index >= 15 is 0 Å². The molecular weight excluding hydrogens is 202 g/mol. The summed E-state index contributed by atoms with van der Waals surface area (Å²) in [5, 5.41) is 13.3. The number of nitrogens with one attached hydrogen (secondary N) is 1. The number of carbonyl (C=O) groups excluding carboxylic acids is 1. The summed E-state index contributed by atoms with van der Waals surface area (Å²) in [6.45, 7) is 2.56. The highest BCUT2D eigenvalue weighted by Crippen LogP contribution is 2.37. The average Bonchev–Trinajstić information content (AvgIpc) is 3.00. The topological polar surface area (TPSA) is 49.3 Å². The van der Waals surface area contributed by atoms with Gasteiger partial charge >= 0.3 is 0 Å². The Bertz CT molecular complexity index is 257. The normalized spacial score (nSPS) is 32.9. The Balaban J connectivity index is 1.76. The molecule has 2 aliphatic carbocycles. The second-order valence-corrected chi connectivity index (χ2v) is 5.68. The molecule has 0 bridgehead atoms. The lowest BCUT2D eigenvalue weighted by molar-refractivity contribution is -0.124. The van der Waals surface area contributed by atoms with Crippen LogP contribution >= 0.6 is 0 Å². The third-order valence-corrected chi connectivity index (χ3v) is 4.07. The van der Waals surface area contributed by atoms with Gasteiger partial charge in [0, 0.05) is 12.5 Å². The van der Waals surface area contributed by atoms with Crippen LogP contribution in [0.15, 0.2) is 0 Å². The first kappa shape index (κ1) is 11.9. The highest BCUT2D eigenvalue weighted by molar-refractivity contribution is 5.81. The van der Waals surface area contributed by atoms with Crippen LogP contribution in [0.1, 0.15) is 51.9 Å². The van der Waals surface area contributed by atoms with Crippen molar-refractivity contribution in [1.29, 1.82) is 0 Å². The van der Waals surface area contributed by atoms with Crippen LogP contribution in [0, 0.1) is 11.8 Å². The first-order chi connectivity index (χ1) is 7.61. The Kier molecular flexibility index (Phi) is 3.53. The molecule has 2 N–H and O–H groups in total. The number of aliphatic hydroxyl groups is 1. The summed E-state index contributed by atoms with van der Waals surface area (Å²) < 4.78 is 0. The van der Waals surface area contributed by atoms with E-state index in [4.69, 9.17) is 0 Å². The first-order valence-corrected chi connectivity index (χ1v) is 6.61. The van der Waals surface area contributed by atoms with Crippen molar-refractivity contribution in [2.24, 2.45) is 11.8 Å². The molecule has 0 saturated heterocycles. The smallest absolute Gasteiger partial charge is 0.223 e. The van der Waals surface area contributed by atoms with Crippen molar-refractivity contribution >= 4 is 5.91 Å². The molecule has 3 nitrogen and oxygen atoms in total. The Morgan fingerprint density at radius 2 is 1.88 bits per heavy atom. The summed E-state index contributed by atoms with van der Waals surface area (Å²) in [4.78, 5) is 11.7. The molecule has 0 heterocycles. The third kappa shape index (κ3) is 2.97. The van der Waals surface area contributed by atoms with Crippen LogP contribution in [-0.4, -0.2) is 23.2 Å². The van der Waals surface area contributed by atoms with Crippen LogP contribution < -0.4 is 5.32 Å². The summed E-state index contributed by atoms with van der Waals surface area (Å²) in [5.74, 6) is 0.906. The number of rotatable bonds is 3. The number of hydrogen-bond donors (Lipinski definition) is 2. The maximum atomic E-state index is 11.7. The van der Waals surface area contributed by atoms with E-state index in [-0.39, 0.29) is 11.8 Å². The van der Waals surface area contributed by atoms with Crippen molar-refractivity contribution < 1.29 is 9.90 Å². The maximum absolute atomic E-state index is 11.7.